The minimum Gasteiger partial charge on any atom is -0.496 e. The highest BCUT2D eigenvalue weighted by Crippen LogP contribution is 2.20. The van der Waals surface area contributed by atoms with Crippen LogP contribution in [0.25, 0.3) is 0 Å². The van der Waals surface area contributed by atoms with Gasteiger partial charge in [0.15, 0.2) is 0 Å². The van der Waals surface area contributed by atoms with Crippen molar-refractivity contribution in [2.45, 2.75) is 12.8 Å². The fourth-order valence-electron chi connectivity index (χ4n) is 1.55. The molecule has 0 fully saturated rings. The molecule has 0 saturated heterocycles. The molecule has 0 aliphatic heterocycles. The molecule has 1 heterocycles. The molecule has 0 bridgehead atoms. The van der Waals surface area contributed by atoms with E-state index in [9.17, 15) is 0 Å². The van der Waals surface area contributed by atoms with Crippen LogP contribution in [0.15, 0.2) is 28.7 Å². The molecule has 0 amide bonds. The van der Waals surface area contributed by atoms with Gasteiger partial charge in [0.1, 0.15) is 5.75 Å². The van der Waals surface area contributed by atoms with Crippen LogP contribution < -0.4 is 4.74 Å². The number of aromatic nitrogens is 2. The van der Waals surface area contributed by atoms with E-state index >= 15 is 0 Å². The summed E-state index contributed by atoms with van der Waals surface area (Å²) in [6, 6.07) is 7.76. The van der Waals surface area contributed by atoms with Crippen LogP contribution in [0.5, 0.6) is 5.75 Å². The summed E-state index contributed by atoms with van der Waals surface area (Å²) >= 11 is 5.61. The lowest BCUT2D eigenvalue weighted by atomic mass is 10.1. The molecule has 2 rings (SSSR count). The van der Waals surface area contributed by atoms with Crippen LogP contribution in [0.3, 0.4) is 0 Å². The van der Waals surface area contributed by atoms with Gasteiger partial charge in [-0.1, -0.05) is 18.2 Å². The molecule has 2 aromatic rings. The van der Waals surface area contributed by atoms with Crippen LogP contribution in [0.1, 0.15) is 17.3 Å². The summed E-state index contributed by atoms with van der Waals surface area (Å²) in [5, 5.41) is 7.89. The predicted octanol–water partition coefficient (Wildman–Crippen LogP) is 2.45. The van der Waals surface area contributed by atoms with E-state index in [1.54, 1.807) is 7.11 Å². The zero-order valence-electron chi connectivity index (χ0n) is 9.52. The Hall–Kier alpha value is -1.55. The second-order valence-electron chi connectivity index (χ2n) is 3.52. The van der Waals surface area contributed by atoms with Gasteiger partial charge in [0.05, 0.1) is 13.5 Å². The molecule has 1 aromatic heterocycles. The van der Waals surface area contributed by atoms with Gasteiger partial charge in [-0.2, -0.15) is 0 Å². The molecule has 0 aliphatic rings. The molecule has 0 saturated carbocycles. The second-order valence-corrected chi connectivity index (χ2v) is 3.90. The van der Waals surface area contributed by atoms with Crippen LogP contribution in [0.2, 0.25) is 0 Å². The number of rotatable bonds is 5. The zero-order chi connectivity index (χ0) is 12.1. The average molecular weight is 253 g/mol. The minimum absolute atomic E-state index is 0.482. The van der Waals surface area contributed by atoms with Gasteiger partial charge in [0.2, 0.25) is 11.8 Å². The summed E-state index contributed by atoms with van der Waals surface area (Å²) in [6.45, 7) is 0. The van der Waals surface area contributed by atoms with Gasteiger partial charge in [-0.05, 0) is 6.07 Å². The molecule has 0 atom stereocenters. The first-order chi connectivity index (χ1) is 8.33. The standard InChI is InChI=1S/C12H13ClN2O2/c1-16-10-5-3-2-4-9(10)8-12-15-14-11(17-12)6-7-13/h2-5H,6-8H2,1H3. The number of nitrogens with zero attached hydrogens (tertiary/aromatic N) is 2. The van der Waals surface area contributed by atoms with E-state index in [1.165, 1.54) is 0 Å². The Labute approximate surface area is 105 Å². The lowest BCUT2D eigenvalue weighted by Gasteiger charge is -2.05. The molecule has 17 heavy (non-hydrogen) atoms. The Kier molecular flexibility index (Phi) is 3.98. The van der Waals surface area contributed by atoms with Crippen LogP contribution in [0, 0.1) is 0 Å². The lowest BCUT2D eigenvalue weighted by Crippen LogP contribution is -1.93. The Morgan fingerprint density at radius 2 is 2.00 bits per heavy atom. The van der Waals surface area contributed by atoms with Gasteiger partial charge in [-0.25, -0.2) is 0 Å². The molecule has 1 aromatic carbocycles. The van der Waals surface area contributed by atoms with Gasteiger partial charge in [0, 0.05) is 17.9 Å². The van der Waals surface area contributed by atoms with Crippen molar-refractivity contribution in [3.05, 3.63) is 41.6 Å². The van der Waals surface area contributed by atoms with E-state index in [4.69, 9.17) is 20.8 Å². The van der Waals surface area contributed by atoms with E-state index < -0.39 is 0 Å². The van der Waals surface area contributed by atoms with Crippen molar-refractivity contribution in [2.75, 3.05) is 13.0 Å². The molecule has 0 N–H and O–H groups in total. The Morgan fingerprint density at radius 1 is 1.24 bits per heavy atom. The quantitative estimate of drug-likeness (QED) is 0.767. The number of hydrogen-bond acceptors (Lipinski definition) is 4. The number of para-hydroxylation sites is 1. The van der Waals surface area contributed by atoms with Gasteiger partial charge in [-0.3, -0.25) is 0 Å². The van der Waals surface area contributed by atoms with Gasteiger partial charge < -0.3 is 9.15 Å². The van der Waals surface area contributed by atoms with Crippen molar-refractivity contribution in [3.8, 4) is 5.75 Å². The zero-order valence-corrected chi connectivity index (χ0v) is 10.3. The van der Waals surface area contributed by atoms with Crippen LogP contribution >= 0.6 is 11.6 Å². The summed E-state index contributed by atoms with van der Waals surface area (Å²) in [7, 11) is 1.64. The van der Waals surface area contributed by atoms with E-state index in [1.807, 2.05) is 24.3 Å². The molecular weight excluding hydrogens is 240 g/mol. The predicted molar refractivity (Wildman–Crippen MR) is 64.5 cm³/mol. The Balaban J connectivity index is 2.13. The monoisotopic (exact) mass is 252 g/mol. The Morgan fingerprint density at radius 3 is 2.76 bits per heavy atom. The SMILES string of the molecule is COc1ccccc1Cc1nnc(CCCl)o1. The number of benzene rings is 1. The molecule has 5 heteroatoms. The highest BCUT2D eigenvalue weighted by atomic mass is 35.5. The number of ether oxygens (including phenoxy) is 1. The van der Waals surface area contributed by atoms with Crippen LogP contribution in [0.4, 0.5) is 0 Å². The number of hydrogen-bond donors (Lipinski definition) is 0. The first kappa shape index (κ1) is 11.9. The van der Waals surface area contributed by atoms with E-state index in [2.05, 4.69) is 10.2 Å². The topological polar surface area (TPSA) is 48.2 Å². The van der Waals surface area contributed by atoms with Gasteiger partial charge in [0.25, 0.3) is 0 Å². The number of methoxy groups -OCH3 is 1. The highest BCUT2D eigenvalue weighted by Gasteiger charge is 2.09. The molecule has 90 valence electrons. The maximum absolute atomic E-state index is 5.61. The first-order valence-electron chi connectivity index (χ1n) is 5.32. The molecule has 0 spiro atoms. The summed E-state index contributed by atoms with van der Waals surface area (Å²) < 4.78 is 10.7. The van der Waals surface area contributed by atoms with E-state index in [0.717, 1.165) is 11.3 Å². The summed E-state index contributed by atoms with van der Waals surface area (Å²) in [5.74, 6) is 2.46. The van der Waals surface area contributed by atoms with Crippen molar-refractivity contribution in [3.63, 3.8) is 0 Å². The highest BCUT2D eigenvalue weighted by molar-refractivity contribution is 6.17. The third-order valence-corrected chi connectivity index (χ3v) is 2.54. The maximum Gasteiger partial charge on any atom is 0.221 e. The van der Waals surface area contributed by atoms with Gasteiger partial charge in [-0.15, -0.1) is 21.8 Å². The first-order valence-corrected chi connectivity index (χ1v) is 5.86. The fourth-order valence-corrected chi connectivity index (χ4v) is 1.72. The van der Waals surface area contributed by atoms with Crippen molar-refractivity contribution in [2.24, 2.45) is 0 Å². The number of aryl methyl sites for hydroxylation is 1. The summed E-state index contributed by atoms with van der Waals surface area (Å²) in [6.07, 6.45) is 1.17. The molecule has 0 aliphatic carbocycles. The van der Waals surface area contributed by atoms with E-state index in [0.29, 0.717) is 30.5 Å². The summed E-state index contributed by atoms with van der Waals surface area (Å²) in [5.41, 5.74) is 1.02. The molecule has 0 unspecified atom stereocenters. The van der Waals surface area contributed by atoms with Crippen molar-refractivity contribution >= 4 is 11.6 Å². The number of halogens is 1. The van der Waals surface area contributed by atoms with Crippen molar-refractivity contribution in [1.29, 1.82) is 0 Å². The molecule has 4 nitrogen and oxygen atoms in total. The smallest absolute Gasteiger partial charge is 0.221 e. The third kappa shape index (κ3) is 2.97. The minimum atomic E-state index is 0.482. The van der Waals surface area contributed by atoms with Crippen LogP contribution in [-0.4, -0.2) is 23.2 Å². The summed E-state index contributed by atoms with van der Waals surface area (Å²) in [4.78, 5) is 0. The number of alkyl halides is 1. The normalized spacial score (nSPS) is 10.5. The van der Waals surface area contributed by atoms with Gasteiger partial charge >= 0.3 is 0 Å². The average Bonchev–Trinajstić information content (AvgIpc) is 2.78. The lowest BCUT2D eigenvalue weighted by molar-refractivity contribution is 0.406. The van der Waals surface area contributed by atoms with Crippen molar-refractivity contribution < 1.29 is 9.15 Å². The molecular formula is C12H13ClN2O2. The van der Waals surface area contributed by atoms with E-state index in [-0.39, 0.29) is 0 Å². The molecule has 0 radical (unpaired) electrons. The Bertz CT molecular complexity index is 485. The second kappa shape index (κ2) is 5.68. The largest absolute Gasteiger partial charge is 0.496 e. The third-order valence-electron chi connectivity index (χ3n) is 2.35. The van der Waals surface area contributed by atoms with Crippen LogP contribution in [-0.2, 0) is 12.8 Å². The fraction of sp³-hybridized carbons (Fsp3) is 0.333. The van der Waals surface area contributed by atoms with Crippen molar-refractivity contribution in [1.82, 2.24) is 10.2 Å². The maximum atomic E-state index is 5.61.